The summed E-state index contributed by atoms with van der Waals surface area (Å²) >= 11 is 0. The van der Waals surface area contributed by atoms with Gasteiger partial charge in [0.25, 0.3) is 5.91 Å². The molecule has 17 heteroatoms. The van der Waals surface area contributed by atoms with Gasteiger partial charge < -0.3 is 39.4 Å². The molecule has 0 saturated carbocycles. The van der Waals surface area contributed by atoms with Crippen LogP contribution in [-0.4, -0.2) is 128 Å². The summed E-state index contributed by atoms with van der Waals surface area (Å²) in [6.45, 7) is 13.2. The van der Waals surface area contributed by atoms with Crippen molar-refractivity contribution in [2.24, 2.45) is 0 Å². The van der Waals surface area contributed by atoms with Crippen LogP contribution in [0.2, 0.25) is 0 Å². The molecule has 5 rings (SSSR count). The molecule has 0 aromatic heterocycles. The second-order valence-electron chi connectivity index (χ2n) is 15.6. The van der Waals surface area contributed by atoms with E-state index < -0.39 is 39.7 Å². The molecule has 1 atom stereocenters. The Bertz CT molecular complexity index is 2420. The highest BCUT2D eigenvalue weighted by Gasteiger charge is 2.29. The quantitative estimate of drug-likeness (QED) is 0.0469. The fourth-order valence-corrected chi connectivity index (χ4v) is 8.70. The van der Waals surface area contributed by atoms with Gasteiger partial charge in [-0.2, -0.15) is 0 Å². The maximum absolute atomic E-state index is 14.4. The number of carboxylic acid groups (broad SMARTS) is 1. The number of aliphatic carboxylic acids is 1. The van der Waals surface area contributed by atoms with Gasteiger partial charge in [0.05, 0.1) is 21.9 Å². The van der Waals surface area contributed by atoms with Crippen LogP contribution >= 0.6 is 0 Å². The van der Waals surface area contributed by atoms with Crippen molar-refractivity contribution in [2.45, 2.75) is 78.7 Å². The Morgan fingerprint density at radius 2 is 1.49 bits per heavy atom. The lowest BCUT2D eigenvalue weighted by molar-refractivity contribution is -0.137. The van der Waals surface area contributed by atoms with Gasteiger partial charge in [-0.25, -0.2) is 13.0 Å². The van der Waals surface area contributed by atoms with Crippen LogP contribution in [0.5, 0.6) is 0 Å². The fraction of sp³-hybridized carbons (Fsp3) is 0.478. The maximum atomic E-state index is 14.4. The van der Waals surface area contributed by atoms with Gasteiger partial charge in [-0.15, -0.1) is 0 Å². The van der Waals surface area contributed by atoms with Gasteiger partial charge >= 0.3 is 5.97 Å². The van der Waals surface area contributed by atoms with Crippen LogP contribution in [0.3, 0.4) is 0 Å². The van der Waals surface area contributed by atoms with Crippen LogP contribution in [-0.2, 0) is 29.3 Å². The molecule has 4 amide bonds. The molecule has 1 fully saturated rings. The largest absolute Gasteiger partial charge is 0.748 e. The van der Waals surface area contributed by atoms with Crippen molar-refractivity contribution < 1.29 is 46.5 Å². The molecule has 2 aliphatic heterocycles. The highest BCUT2D eigenvalue weighted by atomic mass is 32.2. The van der Waals surface area contributed by atoms with E-state index in [1.165, 1.54) is 0 Å². The Morgan fingerprint density at radius 1 is 0.825 bits per heavy atom. The Balaban J connectivity index is 1.23. The van der Waals surface area contributed by atoms with Gasteiger partial charge in [0.2, 0.25) is 23.1 Å². The molecule has 63 heavy (non-hydrogen) atoms. The van der Waals surface area contributed by atoms with Crippen LogP contribution in [0.25, 0.3) is 33.4 Å². The Labute approximate surface area is 369 Å². The lowest BCUT2D eigenvalue weighted by atomic mass is 9.90. The zero-order valence-corrected chi connectivity index (χ0v) is 37.5. The molecule has 0 spiro atoms. The molecule has 3 N–H and O–H groups in total. The molecule has 1 saturated heterocycles. The summed E-state index contributed by atoms with van der Waals surface area (Å²) in [7, 11) is -4.86. The van der Waals surface area contributed by atoms with E-state index in [1.54, 1.807) is 9.80 Å². The minimum atomic E-state index is -4.86. The maximum Gasteiger partial charge on any atom is 0.303 e. The minimum Gasteiger partial charge on any atom is -0.748 e. The molecule has 3 aliphatic rings. The van der Waals surface area contributed by atoms with Crippen molar-refractivity contribution in [1.82, 2.24) is 25.0 Å². The molecule has 2 aromatic rings. The predicted octanol–water partition coefficient (Wildman–Crippen LogP) is 4.11. The van der Waals surface area contributed by atoms with Gasteiger partial charge in [0.1, 0.15) is 30.5 Å². The average Bonchev–Trinajstić information content (AvgIpc) is 3.26. The summed E-state index contributed by atoms with van der Waals surface area (Å²) in [6.07, 6.45) is 1.15. The Morgan fingerprint density at radius 3 is 2.16 bits per heavy atom. The third kappa shape index (κ3) is 12.9. The number of anilines is 1. The standard InChI is InChI=1S/C46H60N6O10S/c1-5-49(6-2)32-20-22-36-39(29-32)62-40-30-33(50(7-3)8-4)21-23-37(40)44(36)34-15-9-10-16-35(34)46(58)52-27-25-51(26-28-52)42(54)18-12-11-17-41(53)48-38(31-63(59,60)61)45(57)47-24-14-13-19-43(55)56/h9-10,15-16,20-23,29-30,38H,5-8,11-14,17-19,24-28,31H2,1-4H3,(H3-,47,48,53,55,56,57,59,60,61). The number of carbonyl (C=O) groups excluding carboxylic acids is 4. The van der Waals surface area contributed by atoms with Gasteiger partial charge in [-0.3, -0.25) is 24.0 Å². The molecule has 1 unspecified atom stereocenters. The summed E-state index contributed by atoms with van der Waals surface area (Å²) < 4.78 is 43.2. The lowest BCUT2D eigenvalue weighted by Gasteiger charge is -2.35. The Hall–Kier alpha value is -5.81. The van der Waals surface area contributed by atoms with Crippen LogP contribution in [0.1, 0.15) is 83.0 Å². The topological polar surface area (TPSA) is 213 Å². The van der Waals surface area contributed by atoms with E-state index in [0.717, 1.165) is 70.6 Å². The first-order chi connectivity index (χ1) is 30.2. The van der Waals surface area contributed by atoms with Crippen LogP contribution < -0.4 is 25.5 Å². The number of piperazine rings is 1. The van der Waals surface area contributed by atoms with E-state index in [-0.39, 0.29) is 50.5 Å². The molecular formula is C46H60N6O10S. The van der Waals surface area contributed by atoms with E-state index >= 15 is 0 Å². The summed E-state index contributed by atoms with van der Waals surface area (Å²) in [5.41, 5.74) is 4.91. The monoisotopic (exact) mass is 888 g/mol. The number of hydrogen-bond donors (Lipinski definition) is 3. The number of hydrogen-bond acceptors (Lipinski definition) is 10. The van der Waals surface area contributed by atoms with Crippen molar-refractivity contribution in [3.8, 4) is 22.5 Å². The summed E-state index contributed by atoms with van der Waals surface area (Å²) in [6, 6.07) is 18.5. The van der Waals surface area contributed by atoms with Gasteiger partial charge in [0.15, 0.2) is 0 Å². The normalized spacial score (nSPS) is 13.5. The molecule has 2 heterocycles. The second kappa shape index (κ2) is 22.5. The highest BCUT2D eigenvalue weighted by molar-refractivity contribution is 7.85. The van der Waals surface area contributed by atoms with Gasteiger partial charge in [-0.1, -0.05) is 18.2 Å². The lowest BCUT2D eigenvalue weighted by Crippen LogP contribution is -2.50. The number of amides is 4. The molecular weight excluding hydrogens is 829 g/mol. The van der Waals surface area contributed by atoms with E-state index in [4.69, 9.17) is 9.52 Å². The van der Waals surface area contributed by atoms with Crippen molar-refractivity contribution in [2.75, 3.05) is 69.6 Å². The predicted molar refractivity (Wildman–Crippen MR) is 240 cm³/mol. The third-order valence-electron chi connectivity index (χ3n) is 11.5. The first-order valence-corrected chi connectivity index (χ1v) is 23.5. The zero-order valence-electron chi connectivity index (χ0n) is 36.7. The number of benzene rings is 3. The number of nitrogens with zero attached hydrogens (tertiary/aromatic N) is 4. The number of nitrogens with one attached hydrogen (secondary N) is 2. The molecule has 340 valence electrons. The first-order valence-electron chi connectivity index (χ1n) is 21.9. The Kier molecular flexibility index (Phi) is 17.2. The highest BCUT2D eigenvalue weighted by Crippen LogP contribution is 2.42. The van der Waals surface area contributed by atoms with Crippen molar-refractivity contribution in [3.63, 3.8) is 0 Å². The van der Waals surface area contributed by atoms with Crippen molar-refractivity contribution in [3.05, 3.63) is 71.6 Å². The number of rotatable bonds is 21. The molecule has 2 aromatic carbocycles. The third-order valence-corrected chi connectivity index (χ3v) is 12.2. The number of carboxylic acids is 1. The average molecular weight is 889 g/mol. The zero-order chi connectivity index (χ0) is 45.7. The van der Waals surface area contributed by atoms with E-state index in [1.807, 2.05) is 24.3 Å². The summed E-state index contributed by atoms with van der Waals surface area (Å²) in [5.74, 6) is -3.18. The number of fused-ring (bicyclic) bond motifs is 2. The van der Waals surface area contributed by atoms with E-state index in [0.29, 0.717) is 44.6 Å². The van der Waals surface area contributed by atoms with Crippen molar-refractivity contribution >= 4 is 56.4 Å². The van der Waals surface area contributed by atoms with E-state index in [9.17, 15) is 36.9 Å². The smallest absolute Gasteiger partial charge is 0.303 e. The van der Waals surface area contributed by atoms with Crippen molar-refractivity contribution in [1.29, 1.82) is 0 Å². The minimum absolute atomic E-state index is 0.0468. The summed E-state index contributed by atoms with van der Waals surface area (Å²) in [4.78, 5) is 69.2. The van der Waals surface area contributed by atoms with Crippen LogP contribution in [0.4, 0.5) is 5.69 Å². The number of carbonyl (C=O) groups is 5. The van der Waals surface area contributed by atoms with Crippen LogP contribution in [0.15, 0.2) is 65.1 Å². The SMILES string of the molecule is CCN(CC)c1ccc2c(-c3ccccc3C(=O)N3CCN(C(=O)CCCCC(=O)NC(CS(=O)(=O)[O-])C(=O)NCCCCC(=O)O)CC3)c3ccc(=[N+](CC)CC)cc-3oc2c1. The second-order valence-corrected chi connectivity index (χ2v) is 17.0. The summed E-state index contributed by atoms with van der Waals surface area (Å²) in [5, 5.41) is 15.4. The fourth-order valence-electron chi connectivity index (χ4n) is 8.05. The molecule has 0 radical (unpaired) electrons. The molecule has 0 bridgehead atoms. The number of unbranched alkanes of at least 4 members (excludes halogenated alkanes) is 2. The van der Waals surface area contributed by atoms with E-state index in [2.05, 4.69) is 84.2 Å². The molecule has 16 nitrogen and oxygen atoms in total. The molecule has 1 aliphatic carbocycles. The van der Waals surface area contributed by atoms with Gasteiger partial charge in [-0.05, 0) is 83.2 Å². The van der Waals surface area contributed by atoms with Crippen LogP contribution in [0, 0.1) is 0 Å². The van der Waals surface area contributed by atoms with Gasteiger partial charge in [0, 0.05) is 105 Å². The first kappa shape index (κ1) is 48.2.